The van der Waals surface area contributed by atoms with Gasteiger partial charge >= 0.3 is 0 Å². The van der Waals surface area contributed by atoms with E-state index in [0.29, 0.717) is 38.4 Å². The quantitative estimate of drug-likeness (QED) is 0.452. The summed E-state index contributed by atoms with van der Waals surface area (Å²) in [6.45, 7) is 0.279. The first-order chi connectivity index (χ1) is 14.1. The van der Waals surface area contributed by atoms with Crippen molar-refractivity contribution in [3.05, 3.63) is 81.6 Å². The molecule has 3 rings (SSSR count). The van der Waals surface area contributed by atoms with E-state index in [1.807, 2.05) is 30.3 Å². The zero-order valence-electron chi connectivity index (χ0n) is 15.9. The molecule has 1 heterocycles. The second-order valence-corrected chi connectivity index (χ2v) is 6.94. The first-order valence-corrected chi connectivity index (χ1v) is 9.52. The third-order valence-electron chi connectivity index (χ3n) is 4.43. The summed E-state index contributed by atoms with van der Waals surface area (Å²) in [4.78, 5) is 16.1. The number of halogens is 2. The van der Waals surface area contributed by atoms with Crippen molar-refractivity contribution in [2.24, 2.45) is 0 Å². The number of rotatable bonds is 8. The molecule has 3 aromatic rings. The molecule has 0 spiro atoms. The van der Waals surface area contributed by atoms with E-state index in [0.717, 1.165) is 11.8 Å². The molecule has 1 aromatic heterocycles. The Morgan fingerprint density at radius 2 is 1.66 bits per heavy atom. The van der Waals surface area contributed by atoms with Crippen LogP contribution in [0.3, 0.4) is 0 Å². The average Bonchev–Trinajstić information content (AvgIpc) is 2.75. The van der Waals surface area contributed by atoms with Crippen molar-refractivity contribution >= 4 is 29.5 Å². The van der Waals surface area contributed by atoms with Gasteiger partial charge < -0.3 is 19.0 Å². The van der Waals surface area contributed by atoms with E-state index >= 15 is 0 Å². The van der Waals surface area contributed by atoms with Gasteiger partial charge in [0.1, 0.15) is 12.9 Å². The summed E-state index contributed by atoms with van der Waals surface area (Å²) in [5, 5.41) is 0.580. The Hall–Kier alpha value is -2.76. The number of hydrogen-bond acceptors (Lipinski definition) is 5. The summed E-state index contributed by atoms with van der Waals surface area (Å²) in [5.74, 6) is 0.477. The number of nitrogens with zero attached hydrogens (tertiary/aromatic N) is 1. The van der Waals surface area contributed by atoms with Gasteiger partial charge in [0.2, 0.25) is 5.75 Å². The average molecular weight is 432 g/mol. The molecule has 0 saturated heterocycles. The van der Waals surface area contributed by atoms with E-state index < -0.39 is 5.92 Å². The van der Waals surface area contributed by atoms with Crippen LogP contribution in [-0.2, 0) is 11.4 Å². The second-order valence-electron chi connectivity index (χ2n) is 6.12. The zero-order valence-corrected chi connectivity index (χ0v) is 17.4. The lowest BCUT2D eigenvalue weighted by atomic mass is 9.92. The van der Waals surface area contributed by atoms with Gasteiger partial charge in [0.15, 0.2) is 11.5 Å². The molecular weight excluding hydrogens is 413 g/mol. The predicted molar refractivity (Wildman–Crippen MR) is 112 cm³/mol. The molecule has 0 N–H and O–H groups in total. The standard InChI is InChI=1S/C22H19Cl2NO4/c1-27-19-9-8-15(16(12-26)20-17(23)10-25-11-18(20)24)21(22(19)28-2)29-13-14-6-4-3-5-7-14/h3-12,16H,13H2,1-2H3. The van der Waals surface area contributed by atoms with Crippen LogP contribution in [0.25, 0.3) is 0 Å². The fourth-order valence-electron chi connectivity index (χ4n) is 3.05. The van der Waals surface area contributed by atoms with Gasteiger partial charge in [-0.2, -0.15) is 0 Å². The van der Waals surface area contributed by atoms with E-state index in [1.165, 1.54) is 26.6 Å². The molecule has 5 nitrogen and oxygen atoms in total. The fraction of sp³-hybridized carbons (Fsp3) is 0.182. The summed E-state index contributed by atoms with van der Waals surface area (Å²) in [5.41, 5.74) is 1.98. The number of pyridine rings is 1. The van der Waals surface area contributed by atoms with Crippen molar-refractivity contribution < 1.29 is 19.0 Å². The third kappa shape index (κ3) is 4.47. The maximum Gasteiger partial charge on any atom is 0.203 e. The third-order valence-corrected chi connectivity index (χ3v) is 5.03. The van der Waals surface area contributed by atoms with Gasteiger partial charge in [0.05, 0.1) is 30.2 Å². The van der Waals surface area contributed by atoms with Gasteiger partial charge in [0.25, 0.3) is 0 Å². The fourth-order valence-corrected chi connectivity index (χ4v) is 3.65. The highest BCUT2D eigenvalue weighted by molar-refractivity contribution is 6.36. The summed E-state index contributed by atoms with van der Waals surface area (Å²) >= 11 is 12.6. The van der Waals surface area contributed by atoms with Crippen LogP contribution in [0.5, 0.6) is 17.2 Å². The highest BCUT2D eigenvalue weighted by Gasteiger charge is 2.27. The Balaban J connectivity index is 2.12. The Morgan fingerprint density at radius 1 is 0.966 bits per heavy atom. The summed E-state index contributed by atoms with van der Waals surface area (Å²) in [6.07, 6.45) is 3.67. The van der Waals surface area contributed by atoms with Crippen molar-refractivity contribution in [1.29, 1.82) is 0 Å². The molecule has 0 fully saturated rings. The SMILES string of the molecule is COc1ccc(C(C=O)c2c(Cl)cncc2Cl)c(OCc2ccccc2)c1OC. The topological polar surface area (TPSA) is 57.7 Å². The molecule has 0 bridgehead atoms. The largest absolute Gasteiger partial charge is 0.493 e. The van der Waals surface area contributed by atoms with Gasteiger partial charge in [-0.1, -0.05) is 59.6 Å². The van der Waals surface area contributed by atoms with E-state index in [-0.39, 0.29) is 6.61 Å². The first kappa shape index (κ1) is 21.0. The molecule has 2 aromatic carbocycles. The Kier molecular flexibility index (Phi) is 6.96. The number of ether oxygens (including phenoxy) is 3. The molecule has 150 valence electrons. The van der Waals surface area contributed by atoms with E-state index in [2.05, 4.69) is 4.98 Å². The normalized spacial score (nSPS) is 11.6. The minimum atomic E-state index is -0.774. The van der Waals surface area contributed by atoms with Gasteiger partial charge in [-0.05, 0) is 11.6 Å². The monoisotopic (exact) mass is 431 g/mol. The molecule has 0 aliphatic rings. The van der Waals surface area contributed by atoms with Crippen LogP contribution in [0.15, 0.2) is 54.9 Å². The molecule has 1 unspecified atom stereocenters. The number of carbonyl (C=O) groups is 1. The lowest BCUT2D eigenvalue weighted by Gasteiger charge is -2.21. The van der Waals surface area contributed by atoms with Crippen molar-refractivity contribution in [1.82, 2.24) is 4.98 Å². The minimum Gasteiger partial charge on any atom is -0.493 e. The summed E-state index contributed by atoms with van der Waals surface area (Å²) < 4.78 is 17.0. The number of aromatic nitrogens is 1. The maximum atomic E-state index is 12.1. The molecule has 1 atom stereocenters. The number of hydrogen-bond donors (Lipinski definition) is 0. The number of aldehydes is 1. The highest BCUT2D eigenvalue weighted by Crippen LogP contribution is 2.46. The number of methoxy groups -OCH3 is 2. The van der Waals surface area contributed by atoms with Crippen LogP contribution < -0.4 is 14.2 Å². The minimum absolute atomic E-state index is 0.279. The van der Waals surface area contributed by atoms with Crippen molar-refractivity contribution in [3.63, 3.8) is 0 Å². The molecule has 0 saturated carbocycles. The van der Waals surface area contributed by atoms with Crippen LogP contribution in [0.4, 0.5) is 0 Å². The van der Waals surface area contributed by atoms with Crippen molar-refractivity contribution in [2.75, 3.05) is 14.2 Å². The van der Waals surface area contributed by atoms with Crippen molar-refractivity contribution in [3.8, 4) is 17.2 Å². The molecule has 0 radical (unpaired) electrons. The molecule has 0 aliphatic heterocycles. The van der Waals surface area contributed by atoms with Crippen molar-refractivity contribution in [2.45, 2.75) is 12.5 Å². The highest BCUT2D eigenvalue weighted by atomic mass is 35.5. The summed E-state index contributed by atoms with van der Waals surface area (Å²) in [6, 6.07) is 13.1. The molecule has 29 heavy (non-hydrogen) atoms. The number of benzene rings is 2. The lowest BCUT2D eigenvalue weighted by molar-refractivity contribution is -0.108. The van der Waals surface area contributed by atoms with Crippen LogP contribution in [0, 0.1) is 0 Å². The van der Waals surface area contributed by atoms with Gasteiger partial charge in [-0.3, -0.25) is 4.98 Å². The molecule has 7 heteroatoms. The number of carbonyl (C=O) groups excluding carboxylic acids is 1. The van der Waals surface area contributed by atoms with E-state index in [4.69, 9.17) is 37.4 Å². The van der Waals surface area contributed by atoms with E-state index in [1.54, 1.807) is 12.1 Å². The van der Waals surface area contributed by atoms with Gasteiger partial charge in [-0.25, -0.2) is 0 Å². The Morgan fingerprint density at radius 3 is 2.24 bits per heavy atom. The van der Waals surface area contributed by atoms with Gasteiger partial charge in [-0.15, -0.1) is 0 Å². The smallest absolute Gasteiger partial charge is 0.203 e. The second kappa shape index (κ2) is 9.63. The van der Waals surface area contributed by atoms with Crippen LogP contribution >= 0.6 is 23.2 Å². The van der Waals surface area contributed by atoms with E-state index in [9.17, 15) is 4.79 Å². The Bertz CT molecular complexity index is 975. The first-order valence-electron chi connectivity index (χ1n) is 8.76. The zero-order chi connectivity index (χ0) is 20.8. The van der Waals surface area contributed by atoms with Gasteiger partial charge in [0, 0.05) is 23.5 Å². The molecule has 0 amide bonds. The van der Waals surface area contributed by atoms with Crippen LogP contribution in [0.2, 0.25) is 10.0 Å². The van der Waals surface area contributed by atoms with Crippen LogP contribution in [-0.4, -0.2) is 25.5 Å². The molecule has 0 aliphatic carbocycles. The maximum absolute atomic E-state index is 12.1. The predicted octanol–water partition coefficient (Wildman–Crippen LogP) is 5.32. The summed E-state index contributed by atoms with van der Waals surface area (Å²) in [7, 11) is 3.05. The lowest BCUT2D eigenvalue weighted by Crippen LogP contribution is -2.09. The van der Waals surface area contributed by atoms with Crippen LogP contribution in [0.1, 0.15) is 22.6 Å². The molecular formula is C22H19Cl2NO4. The Labute approximate surface area is 179 Å².